The summed E-state index contributed by atoms with van der Waals surface area (Å²) in [5.74, 6) is 0.912. The fraction of sp³-hybridized carbons (Fsp3) is 0.588. The van der Waals surface area contributed by atoms with Gasteiger partial charge < -0.3 is 15.1 Å². The van der Waals surface area contributed by atoms with Crippen LogP contribution in [0.5, 0.6) is 0 Å². The van der Waals surface area contributed by atoms with Crippen LogP contribution >= 0.6 is 24.0 Å². The van der Waals surface area contributed by atoms with Crippen LogP contribution in [0.4, 0.5) is 5.69 Å². The minimum atomic E-state index is -3.12. The van der Waals surface area contributed by atoms with Gasteiger partial charge >= 0.3 is 0 Å². The Kier molecular flexibility index (Phi) is 10.3. The standard InChI is InChI=1S/C17H29N5O2S.HI/c1-3-18-17(19-10-7-11-20-25(2,23)24)22-14-12-21(13-15-22)16-8-5-4-6-9-16;/h4-6,8-9,20H,3,7,10-15H2,1-2H3,(H,18,19);1H. The maximum absolute atomic E-state index is 11.1. The summed E-state index contributed by atoms with van der Waals surface area (Å²) in [6.07, 6.45) is 1.86. The fourth-order valence-corrected chi connectivity index (χ4v) is 3.28. The molecule has 148 valence electrons. The molecule has 0 aromatic heterocycles. The molecule has 0 bridgehead atoms. The predicted molar refractivity (Wildman–Crippen MR) is 119 cm³/mol. The van der Waals surface area contributed by atoms with Crippen molar-refractivity contribution in [2.45, 2.75) is 13.3 Å². The van der Waals surface area contributed by atoms with E-state index >= 15 is 0 Å². The highest BCUT2D eigenvalue weighted by atomic mass is 127. The maximum atomic E-state index is 11.1. The number of sulfonamides is 1. The van der Waals surface area contributed by atoms with Gasteiger partial charge in [-0.05, 0) is 25.5 Å². The monoisotopic (exact) mass is 495 g/mol. The highest BCUT2D eigenvalue weighted by molar-refractivity contribution is 14.0. The van der Waals surface area contributed by atoms with Gasteiger partial charge in [0.2, 0.25) is 10.0 Å². The highest BCUT2D eigenvalue weighted by Crippen LogP contribution is 2.15. The molecule has 9 heteroatoms. The molecule has 0 amide bonds. The maximum Gasteiger partial charge on any atom is 0.208 e. The lowest BCUT2D eigenvalue weighted by Gasteiger charge is -2.37. The van der Waals surface area contributed by atoms with E-state index in [1.54, 1.807) is 0 Å². The zero-order valence-corrected chi connectivity index (χ0v) is 18.7. The molecule has 2 rings (SSSR count). The zero-order chi connectivity index (χ0) is 18.1. The molecule has 1 aliphatic heterocycles. The van der Waals surface area contributed by atoms with Crippen molar-refractivity contribution in [1.82, 2.24) is 14.9 Å². The molecular weight excluding hydrogens is 465 g/mol. The fourth-order valence-electron chi connectivity index (χ4n) is 2.76. The van der Waals surface area contributed by atoms with Gasteiger partial charge in [0, 0.05) is 51.5 Å². The third-order valence-corrected chi connectivity index (χ3v) is 4.72. The van der Waals surface area contributed by atoms with Crippen molar-refractivity contribution in [2.24, 2.45) is 4.99 Å². The Labute approximate surface area is 174 Å². The highest BCUT2D eigenvalue weighted by Gasteiger charge is 2.19. The molecule has 1 aliphatic rings. The number of nitrogens with zero attached hydrogens (tertiary/aromatic N) is 3. The molecule has 0 spiro atoms. The van der Waals surface area contributed by atoms with E-state index in [2.05, 4.69) is 56.0 Å². The van der Waals surface area contributed by atoms with E-state index in [0.29, 0.717) is 19.5 Å². The molecule has 0 aliphatic carbocycles. The molecule has 1 aromatic carbocycles. The number of anilines is 1. The third-order valence-electron chi connectivity index (χ3n) is 4.00. The second-order valence-electron chi connectivity index (χ2n) is 6.07. The molecule has 0 atom stereocenters. The van der Waals surface area contributed by atoms with E-state index in [1.165, 1.54) is 11.9 Å². The average molecular weight is 495 g/mol. The molecule has 1 heterocycles. The second kappa shape index (κ2) is 11.6. The van der Waals surface area contributed by atoms with Crippen molar-refractivity contribution in [3.8, 4) is 0 Å². The summed E-state index contributed by atoms with van der Waals surface area (Å²) in [4.78, 5) is 9.29. The van der Waals surface area contributed by atoms with Crippen LogP contribution in [0.2, 0.25) is 0 Å². The largest absolute Gasteiger partial charge is 0.368 e. The number of nitrogens with one attached hydrogen (secondary N) is 2. The molecule has 2 N–H and O–H groups in total. The normalized spacial score (nSPS) is 15.5. The Morgan fingerprint density at radius 1 is 1.15 bits per heavy atom. The number of para-hydroxylation sites is 1. The summed E-state index contributed by atoms with van der Waals surface area (Å²) in [7, 11) is -3.12. The van der Waals surface area contributed by atoms with Gasteiger partial charge in [0.15, 0.2) is 5.96 Å². The van der Waals surface area contributed by atoms with Crippen LogP contribution in [-0.4, -0.2) is 71.3 Å². The molecule has 1 saturated heterocycles. The first-order valence-corrected chi connectivity index (χ1v) is 10.7. The predicted octanol–water partition coefficient (Wildman–Crippen LogP) is 1.33. The Morgan fingerprint density at radius 3 is 2.38 bits per heavy atom. The lowest BCUT2D eigenvalue weighted by Crippen LogP contribution is -2.52. The summed E-state index contributed by atoms with van der Waals surface area (Å²) >= 11 is 0. The van der Waals surface area contributed by atoms with E-state index in [1.807, 2.05) is 6.07 Å². The first-order valence-electron chi connectivity index (χ1n) is 8.77. The van der Waals surface area contributed by atoms with E-state index in [9.17, 15) is 8.42 Å². The molecule has 0 unspecified atom stereocenters. The molecule has 1 aromatic rings. The van der Waals surface area contributed by atoms with Gasteiger partial charge in [-0.1, -0.05) is 18.2 Å². The van der Waals surface area contributed by atoms with Crippen molar-refractivity contribution in [3.05, 3.63) is 30.3 Å². The average Bonchev–Trinajstić information content (AvgIpc) is 2.60. The summed E-state index contributed by atoms with van der Waals surface area (Å²) in [5.41, 5.74) is 1.26. The summed E-state index contributed by atoms with van der Waals surface area (Å²) in [6, 6.07) is 10.5. The van der Waals surface area contributed by atoms with E-state index < -0.39 is 10.0 Å². The quantitative estimate of drug-likeness (QED) is 0.259. The Morgan fingerprint density at radius 2 is 1.81 bits per heavy atom. The molecule has 0 saturated carbocycles. The van der Waals surface area contributed by atoms with Gasteiger partial charge in [-0.3, -0.25) is 4.99 Å². The molecule has 1 fully saturated rings. The summed E-state index contributed by atoms with van der Waals surface area (Å²) < 4.78 is 24.6. The van der Waals surface area contributed by atoms with Gasteiger partial charge in [0.1, 0.15) is 0 Å². The SMILES string of the molecule is CCNC(=NCCCNS(C)(=O)=O)N1CCN(c2ccccc2)CC1.I. The van der Waals surface area contributed by atoms with Crippen molar-refractivity contribution in [3.63, 3.8) is 0 Å². The molecule has 0 radical (unpaired) electrons. The van der Waals surface area contributed by atoms with Crippen LogP contribution in [0.3, 0.4) is 0 Å². The summed E-state index contributed by atoms with van der Waals surface area (Å²) in [5, 5.41) is 3.33. The second-order valence-corrected chi connectivity index (χ2v) is 7.90. The van der Waals surface area contributed by atoms with Crippen molar-refractivity contribution < 1.29 is 8.42 Å². The van der Waals surface area contributed by atoms with Gasteiger partial charge in [0.05, 0.1) is 6.26 Å². The number of aliphatic imine (C=N–C) groups is 1. The van der Waals surface area contributed by atoms with Gasteiger partial charge in [-0.25, -0.2) is 13.1 Å². The minimum Gasteiger partial charge on any atom is -0.368 e. The van der Waals surface area contributed by atoms with Gasteiger partial charge in [-0.2, -0.15) is 0 Å². The van der Waals surface area contributed by atoms with Crippen LogP contribution in [0.25, 0.3) is 0 Å². The molecule has 26 heavy (non-hydrogen) atoms. The number of benzene rings is 1. The number of rotatable bonds is 7. The van der Waals surface area contributed by atoms with Gasteiger partial charge in [-0.15, -0.1) is 24.0 Å². The van der Waals surface area contributed by atoms with Crippen LogP contribution in [0, 0.1) is 0 Å². The van der Waals surface area contributed by atoms with E-state index in [-0.39, 0.29) is 24.0 Å². The Balaban J connectivity index is 0.00000338. The number of piperazine rings is 1. The minimum absolute atomic E-state index is 0. The number of hydrogen-bond acceptors (Lipinski definition) is 4. The van der Waals surface area contributed by atoms with Crippen molar-refractivity contribution >= 4 is 45.6 Å². The Bertz CT molecular complexity index is 646. The third kappa shape index (κ3) is 8.09. The van der Waals surface area contributed by atoms with Crippen molar-refractivity contribution in [2.75, 3.05) is 57.0 Å². The first kappa shape index (κ1) is 23.0. The van der Waals surface area contributed by atoms with Crippen LogP contribution < -0.4 is 14.9 Å². The van der Waals surface area contributed by atoms with Crippen LogP contribution in [0.15, 0.2) is 35.3 Å². The number of hydrogen-bond donors (Lipinski definition) is 2. The van der Waals surface area contributed by atoms with Crippen LogP contribution in [-0.2, 0) is 10.0 Å². The zero-order valence-electron chi connectivity index (χ0n) is 15.5. The number of guanidine groups is 1. The first-order chi connectivity index (χ1) is 12.0. The lowest BCUT2D eigenvalue weighted by atomic mass is 10.2. The van der Waals surface area contributed by atoms with E-state index in [4.69, 9.17) is 0 Å². The van der Waals surface area contributed by atoms with Crippen LogP contribution in [0.1, 0.15) is 13.3 Å². The van der Waals surface area contributed by atoms with Gasteiger partial charge in [0.25, 0.3) is 0 Å². The smallest absolute Gasteiger partial charge is 0.208 e. The van der Waals surface area contributed by atoms with Crippen molar-refractivity contribution in [1.29, 1.82) is 0 Å². The molecule has 7 nitrogen and oxygen atoms in total. The lowest BCUT2D eigenvalue weighted by molar-refractivity contribution is 0.372. The number of halogens is 1. The molecular formula is C17H30IN5O2S. The van der Waals surface area contributed by atoms with E-state index in [0.717, 1.165) is 38.7 Å². The Hall–Kier alpha value is -1.07. The summed E-state index contributed by atoms with van der Waals surface area (Å²) in [6.45, 7) is 7.66. The topological polar surface area (TPSA) is 77.0 Å².